The minimum atomic E-state index is -0.717. The molecule has 40 heavy (non-hydrogen) atoms. The predicted octanol–water partition coefficient (Wildman–Crippen LogP) is 6.08. The van der Waals surface area contributed by atoms with Crippen LogP contribution in [0.25, 0.3) is 0 Å². The molecule has 2 amide bonds. The van der Waals surface area contributed by atoms with Crippen molar-refractivity contribution in [1.82, 2.24) is 9.80 Å². The second-order valence-electron chi connectivity index (χ2n) is 10.7. The van der Waals surface area contributed by atoms with Gasteiger partial charge < -0.3 is 19.3 Å². The van der Waals surface area contributed by atoms with Gasteiger partial charge in [0.2, 0.25) is 5.91 Å². The zero-order chi connectivity index (χ0) is 28.8. The van der Waals surface area contributed by atoms with Crippen molar-refractivity contribution in [2.75, 3.05) is 56.2 Å². The van der Waals surface area contributed by atoms with Crippen LogP contribution in [0.2, 0.25) is 10.0 Å². The van der Waals surface area contributed by atoms with E-state index in [9.17, 15) is 9.59 Å². The van der Waals surface area contributed by atoms with Gasteiger partial charge in [-0.15, -0.1) is 0 Å². The second-order valence-corrected chi connectivity index (χ2v) is 11.5. The fourth-order valence-electron chi connectivity index (χ4n) is 5.03. The molecule has 10 heteroatoms. The van der Waals surface area contributed by atoms with Crippen molar-refractivity contribution < 1.29 is 19.1 Å². The number of hydrogen-bond donors (Lipinski definition) is 0. The summed E-state index contributed by atoms with van der Waals surface area (Å²) in [5.74, 6) is 0.651. The molecule has 0 N–H and O–H groups in total. The number of anilines is 2. The lowest BCUT2D eigenvalue weighted by molar-refractivity contribution is -0.120. The maximum Gasteiger partial charge on any atom is 0.411 e. The molecule has 2 aliphatic rings. The summed E-state index contributed by atoms with van der Waals surface area (Å²) in [5.41, 5.74) is 2.80. The molecular weight excluding hydrogens is 551 g/mol. The summed E-state index contributed by atoms with van der Waals surface area (Å²) in [5, 5.41) is 1.21. The van der Waals surface area contributed by atoms with Crippen molar-refractivity contribution in [1.29, 1.82) is 0 Å². The van der Waals surface area contributed by atoms with Gasteiger partial charge in [0.05, 0.1) is 28.0 Å². The minimum absolute atomic E-state index is 0.00154. The molecular formula is C30H40Cl2N4O4. The van der Waals surface area contributed by atoms with Gasteiger partial charge in [-0.2, -0.15) is 0 Å². The van der Waals surface area contributed by atoms with E-state index >= 15 is 0 Å². The van der Waals surface area contributed by atoms with Gasteiger partial charge in [-0.25, -0.2) is 4.79 Å². The van der Waals surface area contributed by atoms with Gasteiger partial charge in [0.1, 0.15) is 5.75 Å². The molecule has 2 aromatic rings. The first-order valence-corrected chi connectivity index (χ1v) is 14.8. The topological polar surface area (TPSA) is 65.6 Å². The molecule has 0 bridgehead atoms. The molecule has 4 rings (SSSR count). The highest BCUT2D eigenvalue weighted by Gasteiger charge is 2.31. The average Bonchev–Trinajstić information content (AvgIpc) is 2.94. The van der Waals surface area contributed by atoms with Gasteiger partial charge in [0, 0.05) is 51.8 Å². The highest BCUT2D eigenvalue weighted by Crippen LogP contribution is 2.34. The van der Waals surface area contributed by atoms with Crippen LogP contribution in [0.4, 0.5) is 16.2 Å². The molecule has 0 spiro atoms. The summed E-state index contributed by atoms with van der Waals surface area (Å²) in [4.78, 5) is 33.2. The van der Waals surface area contributed by atoms with E-state index in [2.05, 4.69) is 9.80 Å². The zero-order valence-electron chi connectivity index (χ0n) is 23.9. The molecule has 8 nitrogen and oxygen atoms in total. The molecule has 1 fully saturated rings. The van der Waals surface area contributed by atoms with Gasteiger partial charge in [-0.05, 0) is 70.3 Å². The number of ether oxygens (including phenoxy) is 2. The molecule has 2 aliphatic heterocycles. The molecule has 0 aliphatic carbocycles. The van der Waals surface area contributed by atoms with Gasteiger partial charge >= 0.3 is 6.09 Å². The number of halogens is 2. The number of unbranched alkanes of at least 4 members (excludes halogenated alkanes) is 1. The van der Waals surface area contributed by atoms with Crippen molar-refractivity contribution in [3.8, 4) is 5.75 Å². The van der Waals surface area contributed by atoms with Crippen molar-refractivity contribution in [3.05, 3.63) is 52.0 Å². The number of nitrogens with zero attached hydrogens (tertiary/aromatic N) is 4. The maximum atomic E-state index is 12.8. The zero-order valence-corrected chi connectivity index (χ0v) is 25.4. The Morgan fingerprint density at radius 1 is 1.00 bits per heavy atom. The quantitative estimate of drug-likeness (QED) is 0.313. The van der Waals surface area contributed by atoms with Crippen LogP contribution in [0, 0.1) is 0 Å². The largest absolute Gasteiger partial charge is 0.494 e. The third kappa shape index (κ3) is 7.33. The number of carbonyl (C=O) groups is 2. The second kappa shape index (κ2) is 13.8. The summed E-state index contributed by atoms with van der Waals surface area (Å²) in [6, 6.07) is 11.6. The monoisotopic (exact) mass is 590 g/mol. The van der Waals surface area contributed by atoms with E-state index in [1.54, 1.807) is 18.9 Å². The number of piperazine rings is 1. The Kier molecular flexibility index (Phi) is 10.4. The van der Waals surface area contributed by atoms with Crippen LogP contribution in [0.1, 0.15) is 45.6 Å². The van der Waals surface area contributed by atoms with E-state index in [0.29, 0.717) is 35.2 Å². The van der Waals surface area contributed by atoms with Crippen LogP contribution in [0.5, 0.6) is 5.75 Å². The van der Waals surface area contributed by atoms with Crippen LogP contribution >= 0.6 is 23.2 Å². The van der Waals surface area contributed by atoms with E-state index in [0.717, 1.165) is 62.5 Å². The molecule has 2 heterocycles. The van der Waals surface area contributed by atoms with Gasteiger partial charge in [-0.1, -0.05) is 35.3 Å². The fourth-order valence-corrected chi connectivity index (χ4v) is 5.45. The van der Waals surface area contributed by atoms with Gasteiger partial charge in [-0.3, -0.25) is 14.6 Å². The molecule has 1 atom stereocenters. The highest BCUT2D eigenvalue weighted by atomic mass is 35.5. The van der Waals surface area contributed by atoms with E-state index < -0.39 is 12.3 Å². The fraction of sp³-hybridized carbons (Fsp3) is 0.533. The van der Waals surface area contributed by atoms with Crippen LogP contribution < -0.4 is 14.5 Å². The Hall–Kier alpha value is -2.68. The summed E-state index contributed by atoms with van der Waals surface area (Å²) in [6.45, 7) is 11.0. The van der Waals surface area contributed by atoms with Crippen LogP contribution in [0.15, 0.2) is 36.4 Å². The number of carbonyl (C=O) groups excluding carboxylic acids is 2. The Morgan fingerprint density at radius 2 is 1.75 bits per heavy atom. The molecule has 0 aromatic heterocycles. The molecule has 1 unspecified atom stereocenters. The minimum Gasteiger partial charge on any atom is -0.494 e. The van der Waals surface area contributed by atoms with E-state index in [1.807, 2.05) is 50.2 Å². The normalized spacial score (nSPS) is 16.6. The lowest BCUT2D eigenvalue weighted by Crippen LogP contribution is -2.46. The summed E-state index contributed by atoms with van der Waals surface area (Å²) in [6.07, 6.45) is 1.83. The Bertz CT molecular complexity index is 1190. The van der Waals surface area contributed by atoms with Gasteiger partial charge in [0.25, 0.3) is 0 Å². The van der Waals surface area contributed by atoms with E-state index in [4.69, 9.17) is 32.7 Å². The number of amides is 2. The van der Waals surface area contributed by atoms with E-state index in [-0.39, 0.29) is 11.9 Å². The average molecular weight is 592 g/mol. The van der Waals surface area contributed by atoms with Crippen molar-refractivity contribution in [3.63, 3.8) is 0 Å². The third-order valence-corrected chi connectivity index (χ3v) is 8.48. The standard InChI is InChI=1S/C30H40Cl2N4O4/c1-21(2)33(4)30(38)40-22(3)36-27-20-24(12-10-23(27)11-13-28(36)37)39-19-6-5-14-34-15-17-35(18-16-34)26-9-7-8-25(31)29(26)32/h7-10,12,20-22H,5-6,11,13-19H2,1-4H3. The molecule has 0 radical (unpaired) electrons. The summed E-state index contributed by atoms with van der Waals surface area (Å²) >= 11 is 12.6. The third-order valence-electron chi connectivity index (χ3n) is 7.67. The Balaban J connectivity index is 1.24. The van der Waals surface area contributed by atoms with E-state index in [1.165, 1.54) is 4.90 Å². The molecule has 1 saturated heterocycles. The van der Waals surface area contributed by atoms with Crippen LogP contribution in [-0.4, -0.2) is 80.4 Å². The smallest absolute Gasteiger partial charge is 0.411 e. The molecule has 0 saturated carbocycles. The van der Waals surface area contributed by atoms with Crippen molar-refractivity contribution in [2.45, 2.75) is 58.7 Å². The van der Waals surface area contributed by atoms with Crippen LogP contribution in [0.3, 0.4) is 0 Å². The van der Waals surface area contributed by atoms with Crippen LogP contribution in [-0.2, 0) is 16.0 Å². The van der Waals surface area contributed by atoms with Crippen molar-refractivity contribution >= 4 is 46.6 Å². The first-order valence-electron chi connectivity index (χ1n) is 14.1. The first-order chi connectivity index (χ1) is 19.2. The molecule has 2 aromatic carbocycles. The molecule has 218 valence electrons. The first kappa shape index (κ1) is 30.3. The highest BCUT2D eigenvalue weighted by molar-refractivity contribution is 6.43. The number of aryl methyl sites for hydroxylation is 1. The SMILES string of the molecule is CC(C)N(C)C(=O)OC(C)N1C(=O)CCc2ccc(OCCCCN3CCN(c4cccc(Cl)c4Cl)CC3)cc21. The lowest BCUT2D eigenvalue weighted by atomic mass is 10.0. The Morgan fingerprint density at radius 3 is 2.48 bits per heavy atom. The van der Waals surface area contributed by atoms with Gasteiger partial charge in [0.15, 0.2) is 6.23 Å². The number of fused-ring (bicyclic) bond motifs is 1. The number of rotatable bonds is 10. The maximum absolute atomic E-state index is 12.8. The number of benzene rings is 2. The Labute approximate surface area is 247 Å². The van der Waals surface area contributed by atoms with Crippen molar-refractivity contribution in [2.24, 2.45) is 0 Å². The summed E-state index contributed by atoms with van der Waals surface area (Å²) in [7, 11) is 1.69. The number of hydrogen-bond acceptors (Lipinski definition) is 6. The lowest BCUT2D eigenvalue weighted by Gasteiger charge is -2.36. The predicted molar refractivity (Wildman–Crippen MR) is 161 cm³/mol. The summed E-state index contributed by atoms with van der Waals surface area (Å²) < 4.78 is 11.7.